The zero-order valence-corrected chi connectivity index (χ0v) is 10.9. The van der Waals surface area contributed by atoms with Gasteiger partial charge in [-0.3, -0.25) is 4.79 Å². The van der Waals surface area contributed by atoms with Gasteiger partial charge in [0.2, 0.25) is 0 Å². The van der Waals surface area contributed by atoms with Crippen LogP contribution >= 0.6 is 15.9 Å². The third-order valence-electron chi connectivity index (χ3n) is 2.13. The number of nitrogens with one attached hydrogen (secondary N) is 1. The van der Waals surface area contributed by atoms with Crippen LogP contribution in [0, 0.1) is 12.3 Å². The zero-order valence-electron chi connectivity index (χ0n) is 9.31. The van der Waals surface area contributed by atoms with Crippen molar-refractivity contribution in [2.24, 2.45) is 0 Å². The van der Waals surface area contributed by atoms with Crippen molar-refractivity contribution in [1.82, 2.24) is 5.32 Å². The minimum atomic E-state index is -4.60. The Morgan fingerprint density at radius 1 is 1.50 bits per heavy atom. The lowest BCUT2D eigenvalue weighted by Crippen LogP contribution is -2.32. The third kappa shape index (κ3) is 3.50. The summed E-state index contributed by atoms with van der Waals surface area (Å²) in [6.07, 6.45) is 0.451. The van der Waals surface area contributed by atoms with Crippen LogP contribution in [0.25, 0.3) is 0 Å². The molecule has 0 saturated carbocycles. The Morgan fingerprint density at radius 2 is 2.11 bits per heavy atom. The van der Waals surface area contributed by atoms with Crippen LogP contribution in [0.1, 0.15) is 22.8 Å². The van der Waals surface area contributed by atoms with Crippen LogP contribution in [0.2, 0.25) is 0 Å². The van der Waals surface area contributed by atoms with Gasteiger partial charge in [-0.15, -0.1) is 6.42 Å². The van der Waals surface area contributed by atoms with Gasteiger partial charge in [0.1, 0.15) is 0 Å². The van der Waals surface area contributed by atoms with E-state index < -0.39 is 29.3 Å². The molecule has 0 fully saturated rings. The Morgan fingerprint density at radius 3 is 2.61 bits per heavy atom. The van der Waals surface area contributed by atoms with Crippen LogP contribution in [0.15, 0.2) is 22.7 Å². The molecule has 6 heteroatoms. The molecule has 0 aliphatic heterocycles. The van der Waals surface area contributed by atoms with E-state index in [4.69, 9.17) is 6.42 Å². The number of terminal acetylenes is 1. The first-order chi connectivity index (χ1) is 8.25. The predicted molar refractivity (Wildman–Crippen MR) is 64.9 cm³/mol. The lowest BCUT2D eigenvalue weighted by Gasteiger charge is -2.14. The number of hydrogen-bond donors (Lipinski definition) is 1. The molecule has 1 aromatic carbocycles. The van der Waals surface area contributed by atoms with Crippen molar-refractivity contribution in [3.05, 3.63) is 33.8 Å². The van der Waals surface area contributed by atoms with Crippen molar-refractivity contribution in [2.75, 3.05) is 0 Å². The SMILES string of the molecule is C#CC(C)NC(=O)c1ccc(Br)cc1C(F)(F)F. The largest absolute Gasteiger partial charge is 0.417 e. The Hall–Kier alpha value is -1.48. The Kier molecular flexibility index (Phi) is 4.41. The van der Waals surface area contributed by atoms with Crippen molar-refractivity contribution >= 4 is 21.8 Å². The second kappa shape index (κ2) is 5.44. The Balaban J connectivity index is 3.17. The lowest BCUT2D eigenvalue weighted by molar-refractivity contribution is -0.138. The average molecular weight is 320 g/mol. The summed E-state index contributed by atoms with van der Waals surface area (Å²) >= 11 is 2.94. The monoisotopic (exact) mass is 319 g/mol. The van der Waals surface area contributed by atoms with Crippen LogP contribution in [-0.2, 0) is 6.18 Å². The molecule has 1 rings (SSSR count). The van der Waals surface area contributed by atoms with Crippen molar-refractivity contribution in [2.45, 2.75) is 19.1 Å². The smallest absolute Gasteiger partial charge is 0.339 e. The Labute approximate surface area is 111 Å². The molecule has 0 aliphatic rings. The molecular formula is C12H9BrF3NO. The van der Waals surface area contributed by atoms with E-state index in [1.54, 1.807) is 0 Å². The van der Waals surface area contributed by atoms with Crippen LogP contribution < -0.4 is 5.32 Å². The molecule has 2 nitrogen and oxygen atoms in total. The van der Waals surface area contributed by atoms with E-state index in [2.05, 4.69) is 27.2 Å². The van der Waals surface area contributed by atoms with Gasteiger partial charge in [-0.1, -0.05) is 21.9 Å². The summed E-state index contributed by atoms with van der Waals surface area (Å²) < 4.78 is 38.5. The number of halogens is 4. The summed E-state index contributed by atoms with van der Waals surface area (Å²) in [5, 5.41) is 2.29. The first-order valence-corrected chi connectivity index (χ1v) is 5.68. The quantitative estimate of drug-likeness (QED) is 0.833. The fourth-order valence-electron chi connectivity index (χ4n) is 1.27. The number of rotatable bonds is 2. The van der Waals surface area contributed by atoms with Crippen molar-refractivity contribution < 1.29 is 18.0 Å². The molecule has 1 unspecified atom stereocenters. The van der Waals surface area contributed by atoms with Crippen LogP contribution in [0.5, 0.6) is 0 Å². The molecular weight excluding hydrogens is 311 g/mol. The number of alkyl halides is 3. The maximum Gasteiger partial charge on any atom is 0.417 e. The van der Waals surface area contributed by atoms with Gasteiger partial charge >= 0.3 is 6.18 Å². The summed E-state index contributed by atoms with van der Waals surface area (Å²) in [5.41, 5.74) is -1.45. The molecule has 18 heavy (non-hydrogen) atoms. The fraction of sp³-hybridized carbons (Fsp3) is 0.250. The van der Waals surface area contributed by atoms with Gasteiger partial charge in [0.25, 0.3) is 5.91 Å². The van der Waals surface area contributed by atoms with E-state index in [0.717, 1.165) is 12.1 Å². The van der Waals surface area contributed by atoms with E-state index in [1.165, 1.54) is 13.0 Å². The average Bonchev–Trinajstić information content (AvgIpc) is 2.27. The van der Waals surface area contributed by atoms with Crippen molar-refractivity contribution in [3.63, 3.8) is 0 Å². The zero-order chi connectivity index (χ0) is 13.9. The van der Waals surface area contributed by atoms with Gasteiger partial charge in [-0.2, -0.15) is 13.2 Å². The number of benzene rings is 1. The van der Waals surface area contributed by atoms with E-state index in [0.29, 0.717) is 0 Å². The highest BCUT2D eigenvalue weighted by atomic mass is 79.9. The first kappa shape index (κ1) is 14.6. The molecule has 0 radical (unpaired) electrons. The van der Waals surface area contributed by atoms with Crippen LogP contribution in [0.3, 0.4) is 0 Å². The highest BCUT2D eigenvalue weighted by molar-refractivity contribution is 9.10. The van der Waals surface area contributed by atoms with Gasteiger partial charge in [0, 0.05) is 4.47 Å². The minimum Gasteiger partial charge on any atom is -0.339 e. The molecule has 0 aliphatic carbocycles. The molecule has 0 saturated heterocycles. The van der Waals surface area contributed by atoms with Gasteiger partial charge in [0.15, 0.2) is 0 Å². The molecule has 0 aromatic heterocycles. The summed E-state index contributed by atoms with van der Waals surface area (Å²) in [6.45, 7) is 1.50. The molecule has 1 atom stereocenters. The number of carbonyl (C=O) groups excluding carboxylic acids is 1. The van der Waals surface area contributed by atoms with Crippen LogP contribution in [-0.4, -0.2) is 11.9 Å². The Bertz CT molecular complexity index is 505. The number of hydrogen-bond acceptors (Lipinski definition) is 1. The standard InChI is InChI=1S/C12H9BrF3NO/c1-3-7(2)17-11(18)9-5-4-8(13)6-10(9)12(14,15)16/h1,4-7H,2H3,(H,17,18). The maximum atomic E-state index is 12.8. The second-order valence-electron chi connectivity index (χ2n) is 3.55. The van der Waals surface area contributed by atoms with Crippen molar-refractivity contribution in [3.8, 4) is 12.3 Å². The van der Waals surface area contributed by atoms with Crippen LogP contribution in [0.4, 0.5) is 13.2 Å². The molecule has 0 heterocycles. The predicted octanol–water partition coefficient (Wildman–Crippen LogP) is 3.22. The van der Waals surface area contributed by atoms with E-state index in [9.17, 15) is 18.0 Å². The summed E-state index contributed by atoms with van der Waals surface area (Å²) in [5.74, 6) is 1.37. The first-order valence-electron chi connectivity index (χ1n) is 4.89. The molecule has 1 aromatic rings. The molecule has 0 spiro atoms. The van der Waals surface area contributed by atoms with Gasteiger partial charge < -0.3 is 5.32 Å². The number of amides is 1. The molecule has 96 valence electrons. The van der Waals surface area contributed by atoms with E-state index in [1.807, 2.05) is 0 Å². The van der Waals surface area contributed by atoms with E-state index in [-0.39, 0.29) is 4.47 Å². The van der Waals surface area contributed by atoms with Gasteiger partial charge in [-0.25, -0.2) is 0 Å². The summed E-state index contributed by atoms with van der Waals surface area (Å²) in [7, 11) is 0. The lowest BCUT2D eigenvalue weighted by atomic mass is 10.1. The maximum absolute atomic E-state index is 12.8. The molecule has 1 amide bonds. The fourth-order valence-corrected chi connectivity index (χ4v) is 1.63. The van der Waals surface area contributed by atoms with Crippen molar-refractivity contribution in [1.29, 1.82) is 0 Å². The summed E-state index contributed by atoms with van der Waals surface area (Å²) in [4.78, 5) is 11.7. The normalized spacial score (nSPS) is 12.7. The minimum absolute atomic E-state index is 0.247. The topological polar surface area (TPSA) is 29.1 Å². The van der Waals surface area contributed by atoms with Gasteiger partial charge in [0.05, 0.1) is 17.2 Å². The second-order valence-corrected chi connectivity index (χ2v) is 4.47. The molecule has 1 N–H and O–H groups in total. The number of carbonyl (C=O) groups is 1. The molecule has 0 bridgehead atoms. The highest BCUT2D eigenvalue weighted by Crippen LogP contribution is 2.33. The summed E-state index contributed by atoms with van der Waals surface area (Å²) in [6, 6.07) is 2.69. The third-order valence-corrected chi connectivity index (χ3v) is 2.62. The van der Waals surface area contributed by atoms with E-state index >= 15 is 0 Å². The van der Waals surface area contributed by atoms with Gasteiger partial charge in [-0.05, 0) is 25.1 Å². The highest BCUT2D eigenvalue weighted by Gasteiger charge is 2.35.